The molecule has 2 nitrogen and oxygen atoms in total. The monoisotopic (exact) mass is 260 g/mol. The molecule has 0 aliphatic heterocycles. The van der Waals surface area contributed by atoms with Gasteiger partial charge in [-0.25, -0.2) is 0 Å². The summed E-state index contributed by atoms with van der Waals surface area (Å²) >= 11 is 5.91. The summed E-state index contributed by atoms with van der Waals surface area (Å²) in [6.07, 6.45) is 1.52. The zero-order chi connectivity index (χ0) is 12.8. The number of rotatable bonds is 5. The molecule has 2 aromatic rings. The van der Waals surface area contributed by atoms with E-state index in [1.807, 2.05) is 30.3 Å². The van der Waals surface area contributed by atoms with Gasteiger partial charge in [0.05, 0.1) is 17.2 Å². The molecule has 0 aromatic heterocycles. The summed E-state index contributed by atoms with van der Waals surface area (Å²) in [5, 5.41) is 0.419. The molecule has 0 heterocycles. The lowest BCUT2D eigenvalue weighted by Crippen LogP contribution is -2.03. The maximum absolute atomic E-state index is 10.9. The second-order valence-electron chi connectivity index (χ2n) is 3.85. The fourth-order valence-electron chi connectivity index (χ4n) is 1.68. The minimum absolute atomic E-state index is 0.409. The predicted molar refractivity (Wildman–Crippen MR) is 72.5 cm³/mol. The van der Waals surface area contributed by atoms with Crippen LogP contribution in [0.15, 0.2) is 48.5 Å². The topological polar surface area (TPSA) is 26.3 Å². The molecule has 0 aliphatic rings. The molecule has 0 bridgehead atoms. The molecule has 0 N–H and O–H groups in total. The molecule has 0 atom stereocenters. The van der Waals surface area contributed by atoms with Crippen molar-refractivity contribution in [3.63, 3.8) is 0 Å². The maximum atomic E-state index is 10.9. The van der Waals surface area contributed by atoms with Gasteiger partial charge in [-0.15, -0.1) is 0 Å². The van der Waals surface area contributed by atoms with Crippen LogP contribution < -0.4 is 4.74 Å². The van der Waals surface area contributed by atoms with E-state index in [4.69, 9.17) is 16.3 Å². The summed E-state index contributed by atoms with van der Waals surface area (Å²) in [6.45, 7) is 0.519. The van der Waals surface area contributed by atoms with Crippen molar-refractivity contribution in [2.75, 3.05) is 6.61 Å². The number of aldehydes is 1. The van der Waals surface area contributed by atoms with Crippen LogP contribution in [0.3, 0.4) is 0 Å². The second kappa shape index (κ2) is 6.22. The predicted octanol–water partition coefficient (Wildman–Crippen LogP) is 3.77. The highest BCUT2D eigenvalue weighted by Gasteiger charge is 2.06. The van der Waals surface area contributed by atoms with Gasteiger partial charge >= 0.3 is 0 Å². The number of ether oxygens (including phenoxy) is 1. The Bertz CT molecular complexity index is 523. The van der Waals surface area contributed by atoms with E-state index in [-0.39, 0.29) is 0 Å². The van der Waals surface area contributed by atoms with Gasteiger partial charge < -0.3 is 4.74 Å². The van der Waals surface area contributed by atoms with Crippen molar-refractivity contribution < 1.29 is 9.53 Å². The lowest BCUT2D eigenvalue weighted by atomic mass is 10.2. The molecular weight excluding hydrogens is 248 g/mol. The first-order valence-corrected chi connectivity index (χ1v) is 6.09. The zero-order valence-corrected chi connectivity index (χ0v) is 10.6. The summed E-state index contributed by atoms with van der Waals surface area (Å²) in [4.78, 5) is 10.9. The van der Waals surface area contributed by atoms with Gasteiger partial charge in [-0.1, -0.05) is 48.0 Å². The highest BCUT2D eigenvalue weighted by Crippen LogP contribution is 2.24. The number of carbonyl (C=O) groups is 1. The molecular formula is C15H13ClO2. The van der Waals surface area contributed by atoms with E-state index in [1.54, 1.807) is 18.2 Å². The summed E-state index contributed by atoms with van der Waals surface area (Å²) < 4.78 is 5.60. The van der Waals surface area contributed by atoms with Gasteiger partial charge in [0.15, 0.2) is 6.29 Å². The number of carbonyl (C=O) groups excluding carboxylic acids is 1. The van der Waals surface area contributed by atoms with Crippen LogP contribution in [0.1, 0.15) is 15.9 Å². The molecule has 0 amide bonds. The minimum Gasteiger partial charge on any atom is -0.492 e. The Hall–Kier alpha value is -1.80. The standard InChI is InChI=1S/C15H13ClO2/c16-14-7-4-8-15(13(14)11-17)18-10-9-12-5-2-1-3-6-12/h1-8,11H,9-10H2. The van der Waals surface area contributed by atoms with Gasteiger partial charge in [0.2, 0.25) is 0 Å². The Kier molecular flexibility index (Phi) is 4.37. The third-order valence-electron chi connectivity index (χ3n) is 2.62. The molecule has 0 saturated heterocycles. The SMILES string of the molecule is O=Cc1c(Cl)cccc1OCCc1ccccc1. The molecule has 3 heteroatoms. The van der Waals surface area contributed by atoms with E-state index in [0.29, 0.717) is 22.9 Å². The average molecular weight is 261 g/mol. The van der Waals surface area contributed by atoms with E-state index in [0.717, 1.165) is 12.7 Å². The van der Waals surface area contributed by atoms with Gasteiger partial charge in [-0.3, -0.25) is 4.79 Å². The van der Waals surface area contributed by atoms with Gasteiger partial charge in [-0.05, 0) is 17.7 Å². The van der Waals surface area contributed by atoms with Crippen molar-refractivity contribution in [3.8, 4) is 5.75 Å². The third kappa shape index (κ3) is 3.11. The molecule has 2 aromatic carbocycles. The van der Waals surface area contributed by atoms with Crippen LogP contribution in [0.2, 0.25) is 5.02 Å². The quantitative estimate of drug-likeness (QED) is 0.765. The molecule has 0 unspecified atom stereocenters. The Labute approximate surface area is 111 Å². The second-order valence-corrected chi connectivity index (χ2v) is 4.26. The van der Waals surface area contributed by atoms with Crippen molar-refractivity contribution >= 4 is 17.9 Å². The van der Waals surface area contributed by atoms with Crippen LogP contribution in [0.4, 0.5) is 0 Å². The van der Waals surface area contributed by atoms with Crippen LogP contribution in [0.5, 0.6) is 5.75 Å². The van der Waals surface area contributed by atoms with Crippen molar-refractivity contribution in [2.24, 2.45) is 0 Å². The Morgan fingerprint density at radius 2 is 1.83 bits per heavy atom. The van der Waals surface area contributed by atoms with Gasteiger partial charge in [-0.2, -0.15) is 0 Å². The molecule has 0 spiro atoms. The average Bonchev–Trinajstić information content (AvgIpc) is 2.40. The van der Waals surface area contributed by atoms with E-state index in [9.17, 15) is 4.79 Å². The Morgan fingerprint density at radius 1 is 1.06 bits per heavy atom. The molecule has 18 heavy (non-hydrogen) atoms. The molecule has 2 rings (SSSR count). The number of benzene rings is 2. The van der Waals surface area contributed by atoms with Crippen molar-refractivity contribution in [1.29, 1.82) is 0 Å². The van der Waals surface area contributed by atoms with Crippen molar-refractivity contribution in [1.82, 2.24) is 0 Å². The summed E-state index contributed by atoms with van der Waals surface area (Å²) in [7, 11) is 0. The molecule has 92 valence electrons. The van der Waals surface area contributed by atoms with E-state index in [1.165, 1.54) is 5.56 Å². The van der Waals surface area contributed by atoms with Crippen molar-refractivity contribution in [3.05, 3.63) is 64.7 Å². The highest BCUT2D eigenvalue weighted by atomic mass is 35.5. The smallest absolute Gasteiger partial charge is 0.155 e. The summed E-state index contributed by atoms with van der Waals surface area (Å²) in [6, 6.07) is 15.2. The normalized spacial score (nSPS) is 10.1. The highest BCUT2D eigenvalue weighted by molar-refractivity contribution is 6.33. The van der Waals surface area contributed by atoms with Crippen LogP contribution in [-0.2, 0) is 6.42 Å². The molecule has 0 radical (unpaired) electrons. The van der Waals surface area contributed by atoms with Gasteiger partial charge in [0, 0.05) is 6.42 Å². The minimum atomic E-state index is 0.409. The lowest BCUT2D eigenvalue weighted by Gasteiger charge is -2.09. The molecule has 0 aliphatic carbocycles. The van der Waals surface area contributed by atoms with Gasteiger partial charge in [0.25, 0.3) is 0 Å². The summed E-state index contributed by atoms with van der Waals surface area (Å²) in [5.74, 6) is 0.536. The lowest BCUT2D eigenvalue weighted by molar-refractivity contribution is 0.112. The zero-order valence-electron chi connectivity index (χ0n) is 9.80. The third-order valence-corrected chi connectivity index (χ3v) is 2.95. The van der Waals surface area contributed by atoms with E-state index >= 15 is 0 Å². The van der Waals surface area contributed by atoms with Crippen LogP contribution >= 0.6 is 11.6 Å². The molecule has 0 saturated carbocycles. The fraction of sp³-hybridized carbons (Fsp3) is 0.133. The number of hydrogen-bond acceptors (Lipinski definition) is 2. The van der Waals surface area contributed by atoms with Crippen LogP contribution in [0.25, 0.3) is 0 Å². The van der Waals surface area contributed by atoms with Gasteiger partial charge in [0.1, 0.15) is 5.75 Å². The van der Waals surface area contributed by atoms with Crippen LogP contribution in [-0.4, -0.2) is 12.9 Å². The van der Waals surface area contributed by atoms with Crippen molar-refractivity contribution in [2.45, 2.75) is 6.42 Å². The Balaban J connectivity index is 1.99. The first-order valence-electron chi connectivity index (χ1n) is 5.71. The number of hydrogen-bond donors (Lipinski definition) is 0. The molecule has 0 fully saturated rings. The summed E-state index contributed by atoms with van der Waals surface area (Å²) in [5.41, 5.74) is 1.61. The first-order chi connectivity index (χ1) is 8.81. The fourth-order valence-corrected chi connectivity index (χ4v) is 1.89. The largest absolute Gasteiger partial charge is 0.492 e. The first kappa shape index (κ1) is 12.7. The van der Waals surface area contributed by atoms with E-state index < -0.39 is 0 Å². The van der Waals surface area contributed by atoms with E-state index in [2.05, 4.69) is 0 Å². The van der Waals surface area contributed by atoms with Crippen LogP contribution in [0, 0.1) is 0 Å². The number of halogens is 1. The maximum Gasteiger partial charge on any atom is 0.155 e. The Morgan fingerprint density at radius 3 is 2.56 bits per heavy atom.